The lowest BCUT2D eigenvalue weighted by Crippen LogP contribution is -2.51. The first-order chi connectivity index (χ1) is 9.99. The Morgan fingerprint density at radius 3 is 2.95 bits per heavy atom. The van der Waals surface area contributed by atoms with Gasteiger partial charge in [-0.3, -0.25) is 4.79 Å². The highest BCUT2D eigenvalue weighted by atomic mass is 32.2. The van der Waals surface area contributed by atoms with Gasteiger partial charge in [0.1, 0.15) is 5.82 Å². The summed E-state index contributed by atoms with van der Waals surface area (Å²) in [5.74, 6) is 1.45. The van der Waals surface area contributed by atoms with Crippen LogP contribution in [0.2, 0.25) is 0 Å². The number of carbonyl (C=O) groups excluding carboxylic acids is 1. The Morgan fingerprint density at radius 2 is 2.33 bits per heavy atom. The highest BCUT2D eigenvalue weighted by molar-refractivity contribution is 7.99. The topological polar surface area (TPSA) is 78.7 Å². The number of nitrogens with zero attached hydrogens (tertiary/aromatic N) is 4. The molecule has 1 saturated heterocycles. The number of hydrogen-bond donors (Lipinski definition) is 1. The standard InChI is InChI=1S/C13H20N4O3S/c1-15-4-3-14-11(15)8-16(2)13(20)17-5-6-21-9-10(17)7-12(18)19/h3-4,10H,5-9H2,1-2H3,(H,18,19). The van der Waals surface area contributed by atoms with E-state index in [1.165, 1.54) is 0 Å². The van der Waals surface area contributed by atoms with E-state index in [0.717, 1.165) is 11.6 Å². The van der Waals surface area contributed by atoms with Crippen molar-refractivity contribution in [2.75, 3.05) is 25.1 Å². The van der Waals surface area contributed by atoms with Crippen LogP contribution in [0, 0.1) is 0 Å². The second-order valence-electron chi connectivity index (χ2n) is 5.11. The van der Waals surface area contributed by atoms with Crippen LogP contribution in [0.1, 0.15) is 12.2 Å². The average Bonchev–Trinajstić information content (AvgIpc) is 2.83. The number of amides is 2. The van der Waals surface area contributed by atoms with Gasteiger partial charge in [-0.05, 0) is 0 Å². The van der Waals surface area contributed by atoms with Crippen LogP contribution in [0.4, 0.5) is 4.79 Å². The number of carboxylic acids is 1. The zero-order valence-electron chi connectivity index (χ0n) is 12.2. The Morgan fingerprint density at radius 1 is 1.57 bits per heavy atom. The van der Waals surface area contributed by atoms with E-state index >= 15 is 0 Å². The van der Waals surface area contributed by atoms with E-state index in [0.29, 0.717) is 18.8 Å². The fourth-order valence-corrected chi connectivity index (χ4v) is 3.39. The van der Waals surface area contributed by atoms with Crippen LogP contribution >= 0.6 is 11.8 Å². The number of imidazole rings is 1. The zero-order chi connectivity index (χ0) is 15.4. The Labute approximate surface area is 127 Å². The molecule has 1 unspecified atom stereocenters. The predicted octanol–water partition coefficient (Wildman–Crippen LogP) is 0.864. The number of aromatic nitrogens is 2. The van der Waals surface area contributed by atoms with Gasteiger partial charge >= 0.3 is 12.0 Å². The van der Waals surface area contributed by atoms with E-state index in [9.17, 15) is 9.59 Å². The summed E-state index contributed by atoms with van der Waals surface area (Å²) in [5, 5.41) is 8.97. The van der Waals surface area contributed by atoms with Crippen LogP contribution in [-0.2, 0) is 18.4 Å². The van der Waals surface area contributed by atoms with Gasteiger partial charge in [-0.2, -0.15) is 11.8 Å². The number of urea groups is 1. The van der Waals surface area contributed by atoms with Crippen LogP contribution in [-0.4, -0.2) is 67.6 Å². The molecule has 7 nitrogen and oxygen atoms in total. The van der Waals surface area contributed by atoms with Crippen molar-refractivity contribution < 1.29 is 14.7 Å². The number of aliphatic carboxylic acids is 1. The monoisotopic (exact) mass is 312 g/mol. The molecule has 2 rings (SSSR count). The first-order valence-corrected chi connectivity index (χ1v) is 7.92. The maximum atomic E-state index is 12.5. The molecule has 0 saturated carbocycles. The Balaban J connectivity index is 2.02. The van der Waals surface area contributed by atoms with Gasteiger partial charge in [0.05, 0.1) is 19.0 Å². The zero-order valence-corrected chi connectivity index (χ0v) is 13.0. The van der Waals surface area contributed by atoms with Crippen molar-refractivity contribution in [3.8, 4) is 0 Å². The molecule has 2 heterocycles. The van der Waals surface area contributed by atoms with Crippen molar-refractivity contribution in [1.29, 1.82) is 0 Å². The summed E-state index contributed by atoms with van der Waals surface area (Å²) in [6.07, 6.45) is 3.52. The van der Waals surface area contributed by atoms with Crippen molar-refractivity contribution in [2.24, 2.45) is 7.05 Å². The number of aryl methyl sites for hydroxylation is 1. The van der Waals surface area contributed by atoms with Crippen LogP contribution in [0.5, 0.6) is 0 Å². The van der Waals surface area contributed by atoms with E-state index in [-0.39, 0.29) is 18.5 Å². The van der Waals surface area contributed by atoms with Crippen LogP contribution in [0.3, 0.4) is 0 Å². The molecule has 0 spiro atoms. The van der Waals surface area contributed by atoms with E-state index in [1.54, 1.807) is 34.8 Å². The van der Waals surface area contributed by atoms with Crippen molar-refractivity contribution in [2.45, 2.75) is 19.0 Å². The van der Waals surface area contributed by atoms with Crippen molar-refractivity contribution >= 4 is 23.8 Å². The molecule has 8 heteroatoms. The molecule has 1 aliphatic rings. The Hall–Kier alpha value is -1.70. The summed E-state index contributed by atoms with van der Waals surface area (Å²) in [4.78, 5) is 30.9. The van der Waals surface area contributed by atoms with Gasteiger partial charge in [-0.1, -0.05) is 0 Å². The molecule has 0 radical (unpaired) electrons. The number of hydrogen-bond acceptors (Lipinski definition) is 4. The van der Waals surface area contributed by atoms with Crippen LogP contribution in [0.15, 0.2) is 12.4 Å². The molecule has 1 aromatic rings. The van der Waals surface area contributed by atoms with Gasteiger partial charge < -0.3 is 19.5 Å². The second-order valence-corrected chi connectivity index (χ2v) is 6.26. The summed E-state index contributed by atoms with van der Waals surface area (Å²) in [6, 6.07) is -0.373. The van der Waals surface area contributed by atoms with Gasteiger partial charge in [0.2, 0.25) is 0 Å². The Bertz CT molecular complexity index is 519. The molecular weight excluding hydrogens is 292 g/mol. The number of carbonyl (C=O) groups is 2. The van der Waals surface area contributed by atoms with Crippen LogP contribution < -0.4 is 0 Å². The molecule has 1 atom stereocenters. The molecule has 1 aliphatic heterocycles. The third kappa shape index (κ3) is 3.90. The molecular formula is C13H20N4O3S. The van der Waals surface area contributed by atoms with Crippen molar-refractivity contribution in [3.63, 3.8) is 0 Å². The van der Waals surface area contributed by atoms with Gasteiger partial charge in [0.15, 0.2) is 0 Å². The fraction of sp³-hybridized carbons (Fsp3) is 0.615. The first-order valence-electron chi connectivity index (χ1n) is 6.76. The maximum absolute atomic E-state index is 12.5. The van der Waals surface area contributed by atoms with Gasteiger partial charge in [0.25, 0.3) is 0 Å². The molecule has 0 bridgehead atoms. The van der Waals surface area contributed by atoms with Crippen molar-refractivity contribution in [1.82, 2.24) is 19.4 Å². The van der Waals surface area contributed by atoms with Gasteiger partial charge in [0, 0.05) is 44.5 Å². The number of thioether (sulfide) groups is 1. The summed E-state index contributed by atoms with van der Waals surface area (Å²) in [7, 11) is 3.60. The van der Waals surface area contributed by atoms with E-state index in [4.69, 9.17) is 5.11 Å². The summed E-state index contributed by atoms with van der Waals surface area (Å²) in [5.41, 5.74) is 0. The summed E-state index contributed by atoms with van der Waals surface area (Å²) >= 11 is 1.69. The van der Waals surface area contributed by atoms with E-state index in [1.807, 2.05) is 17.8 Å². The lowest BCUT2D eigenvalue weighted by atomic mass is 10.2. The number of rotatable bonds is 4. The molecule has 1 N–H and O–H groups in total. The van der Waals surface area contributed by atoms with Gasteiger partial charge in [-0.25, -0.2) is 9.78 Å². The van der Waals surface area contributed by atoms with Gasteiger partial charge in [-0.15, -0.1) is 0 Å². The molecule has 1 aromatic heterocycles. The summed E-state index contributed by atoms with van der Waals surface area (Å²) < 4.78 is 1.87. The molecule has 116 valence electrons. The lowest BCUT2D eigenvalue weighted by Gasteiger charge is -2.37. The largest absolute Gasteiger partial charge is 0.481 e. The highest BCUT2D eigenvalue weighted by Gasteiger charge is 2.30. The predicted molar refractivity (Wildman–Crippen MR) is 80.1 cm³/mol. The molecule has 21 heavy (non-hydrogen) atoms. The SMILES string of the molecule is CN(Cc1nccn1C)C(=O)N1CCSCC1CC(=O)O. The quantitative estimate of drug-likeness (QED) is 0.892. The highest BCUT2D eigenvalue weighted by Crippen LogP contribution is 2.20. The minimum absolute atomic E-state index is 0.00498. The smallest absolute Gasteiger partial charge is 0.320 e. The molecule has 0 aliphatic carbocycles. The maximum Gasteiger partial charge on any atom is 0.320 e. The molecule has 2 amide bonds. The third-order valence-electron chi connectivity index (χ3n) is 3.51. The minimum atomic E-state index is -0.868. The second kappa shape index (κ2) is 6.84. The number of carboxylic acid groups (broad SMARTS) is 1. The Kier molecular flexibility index (Phi) is 5.11. The minimum Gasteiger partial charge on any atom is -0.481 e. The average molecular weight is 312 g/mol. The van der Waals surface area contributed by atoms with Crippen LogP contribution in [0.25, 0.3) is 0 Å². The normalized spacial score (nSPS) is 18.6. The fourth-order valence-electron chi connectivity index (χ4n) is 2.33. The molecule has 0 aromatic carbocycles. The summed E-state index contributed by atoms with van der Waals surface area (Å²) in [6.45, 7) is 0.998. The van der Waals surface area contributed by atoms with E-state index in [2.05, 4.69) is 4.98 Å². The first kappa shape index (κ1) is 15.7. The van der Waals surface area contributed by atoms with Crippen molar-refractivity contribution in [3.05, 3.63) is 18.2 Å². The third-order valence-corrected chi connectivity index (χ3v) is 4.60. The molecule has 1 fully saturated rings. The lowest BCUT2D eigenvalue weighted by molar-refractivity contribution is -0.138. The van der Waals surface area contributed by atoms with E-state index < -0.39 is 5.97 Å².